The van der Waals surface area contributed by atoms with E-state index in [1.54, 1.807) is 25.3 Å². The number of hydrogen-bond acceptors (Lipinski definition) is 4. The monoisotopic (exact) mass is 326 g/mol. The minimum absolute atomic E-state index is 0.165. The molecule has 0 unspecified atom stereocenters. The average Bonchev–Trinajstić information content (AvgIpc) is 3.22. The molecule has 124 valence electrons. The van der Waals surface area contributed by atoms with Gasteiger partial charge in [-0.1, -0.05) is 12.2 Å². The van der Waals surface area contributed by atoms with Gasteiger partial charge in [0.2, 0.25) is 11.8 Å². The number of pyridine rings is 1. The lowest BCUT2D eigenvalue weighted by atomic mass is 9.85. The van der Waals surface area contributed by atoms with E-state index in [-0.39, 0.29) is 35.5 Å². The van der Waals surface area contributed by atoms with Crippen molar-refractivity contribution in [1.82, 2.24) is 15.2 Å². The van der Waals surface area contributed by atoms with Gasteiger partial charge < -0.3 is 10.6 Å². The number of amides is 4. The molecular weight excluding hydrogens is 308 g/mol. The van der Waals surface area contributed by atoms with Crippen molar-refractivity contribution >= 4 is 23.5 Å². The number of nitrogens with one attached hydrogen (secondary N) is 2. The molecule has 0 spiro atoms. The number of aromatic nitrogens is 1. The number of likely N-dealkylation sites (tertiary alicyclic amines) is 1. The highest BCUT2D eigenvalue weighted by atomic mass is 16.2. The first-order chi connectivity index (χ1) is 11.6. The van der Waals surface area contributed by atoms with Crippen molar-refractivity contribution in [1.29, 1.82) is 0 Å². The number of allylic oxidation sites excluding steroid dienone is 2. The number of fused-ring (bicyclic) bond motifs is 5. The summed E-state index contributed by atoms with van der Waals surface area (Å²) in [6.45, 7) is 1.65. The van der Waals surface area contributed by atoms with Gasteiger partial charge in [-0.25, -0.2) is 4.79 Å². The van der Waals surface area contributed by atoms with Gasteiger partial charge in [0.15, 0.2) is 0 Å². The Morgan fingerprint density at radius 1 is 1.25 bits per heavy atom. The van der Waals surface area contributed by atoms with Crippen LogP contribution in [0.5, 0.6) is 0 Å². The number of nitrogens with zero attached hydrogens (tertiary/aromatic N) is 2. The summed E-state index contributed by atoms with van der Waals surface area (Å²) in [5, 5.41) is 5.29. The number of anilines is 1. The van der Waals surface area contributed by atoms with Crippen molar-refractivity contribution in [3.05, 3.63) is 36.7 Å². The van der Waals surface area contributed by atoms with E-state index < -0.39 is 12.2 Å². The van der Waals surface area contributed by atoms with Crippen LogP contribution in [-0.2, 0) is 9.59 Å². The van der Waals surface area contributed by atoms with E-state index in [1.807, 2.05) is 12.2 Å². The van der Waals surface area contributed by atoms with E-state index in [4.69, 9.17) is 0 Å². The number of carbonyl (C=O) groups excluding carboxylic acids is 3. The van der Waals surface area contributed by atoms with Crippen LogP contribution in [0.2, 0.25) is 0 Å². The van der Waals surface area contributed by atoms with Crippen LogP contribution in [0, 0.1) is 23.7 Å². The number of urea groups is 1. The van der Waals surface area contributed by atoms with Crippen LogP contribution in [0.25, 0.3) is 0 Å². The summed E-state index contributed by atoms with van der Waals surface area (Å²) in [6.07, 6.45) is 7.43. The molecule has 0 aromatic carbocycles. The third kappa shape index (κ3) is 2.19. The molecule has 3 aliphatic rings. The standard InChI is InChI=1S/C17H18N4O3/c1-9(19-17(24)20-12-3-2-6-18-8-12)21-15(22)13-10-4-5-11(7-10)14(13)16(21)23/h2-6,8-11,13-14H,7H2,1H3,(H2,19,20,24)/t9-,10+,11+,13-,14-/m1/s1. The fraction of sp³-hybridized carbons (Fsp3) is 0.412. The highest BCUT2D eigenvalue weighted by Crippen LogP contribution is 2.52. The Morgan fingerprint density at radius 2 is 1.92 bits per heavy atom. The van der Waals surface area contributed by atoms with E-state index in [0.29, 0.717) is 5.69 Å². The van der Waals surface area contributed by atoms with Crippen LogP contribution in [0.15, 0.2) is 36.7 Å². The van der Waals surface area contributed by atoms with Gasteiger partial charge in [-0.2, -0.15) is 0 Å². The van der Waals surface area contributed by atoms with Gasteiger partial charge in [0.1, 0.15) is 6.17 Å². The number of hydrogen-bond donors (Lipinski definition) is 2. The molecule has 7 heteroatoms. The third-order valence-corrected chi connectivity index (χ3v) is 5.15. The van der Waals surface area contributed by atoms with Crippen molar-refractivity contribution in [3.8, 4) is 0 Å². The van der Waals surface area contributed by atoms with Gasteiger partial charge in [0, 0.05) is 6.20 Å². The molecule has 24 heavy (non-hydrogen) atoms. The summed E-state index contributed by atoms with van der Waals surface area (Å²) in [7, 11) is 0. The van der Waals surface area contributed by atoms with E-state index in [1.165, 1.54) is 11.1 Å². The second kappa shape index (κ2) is 5.43. The van der Waals surface area contributed by atoms with Crippen LogP contribution < -0.4 is 10.6 Å². The molecule has 2 bridgehead atoms. The molecule has 7 nitrogen and oxygen atoms in total. The largest absolute Gasteiger partial charge is 0.320 e. The number of imide groups is 1. The van der Waals surface area contributed by atoms with Crippen LogP contribution in [0.3, 0.4) is 0 Å². The molecule has 0 radical (unpaired) electrons. The van der Waals surface area contributed by atoms with E-state index in [2.05, 4.69) is 15.6 Å². The molecule has 1 saturated carbocycles. The molecule has 2 heterocycles. The highest BCUT2D eigenvalue weighted by molar-refractivity contribution is 6.07. The summed E-state index contributed by atoms with van der Waals surface area (Å²) >= 11 is 0. The minimum atomic E-state index is -0.688. The quantitative estimate of drug-likeness (QED) is 0.648. The molecular formula is C17H18N4O3. The molecule has 2 fully saturated rings. The molecule has 5 atom stereocenters. The molecule has 2 aliphatic carbocycles. The maximum Gasteiger partial charge on any atom is 0.320 e. The van der Waals surface area contributed by atoms with Crippen molar-refractivity contribution in [3.63, 3.8) is 0 Å². The predicted molar refractivity (Wildman–Crippen MR) is 85.4 cm³/mol. The SMILES string of the molecule is C[C@H](NC(=O)Nc1cccnc1)N1C(=O)[C@H]2[C@H](C1=O)[C@H]1C=C[C@H]2C1. The van der Waals surface area contributed by atoms with Crippen LogP contribution in [-0.4, -0.2) is 33.9 Å². The second-order valence-electron chi connectivity index (χ2n) is 6.56. The van der Waals surface area contributed by atoms with Gasteiger partial charge in [-0.05, 0) is 37.3 Å². The fourth-order valence-electron chi connectivity index (χ4n) is 4.17. The Labute approximate surface area is 139 Å². The molecule has 2 N–H and O–H groups in total. The van der Waals surface area contributed by atoms with E-state index in [0.717, 1.165) is 6.42 Å². The molecule has 1 aromatic heterocycles. The molecule has 4 rings (SSSR count). The van der Waals surface area contributed by atoms with Gasteiger partial charge in [0.25, 0.3) is 0 Å². The maximum absolute atomic E-state index is 12.7. The average molecular weight is 326 g/mol. The van der Waals surface area contributed by atoms with Gasteiger partial charge >= 0.3 is 6.03 Å². The lowest BCUT2D eigenvalue weighted by molar-refractivity contribution is -0.143. The second-order valence-corrected chi connectivity index (χ2v) is 6.56. The molecule has 4 amide bonds. The Balaban J connectivity index is 1.44. The zero-order valence-electron chi connectivity index (χ0n) is 13.2. The topological polar surface area (TPSA) is 91.4 Å². The van der Waals surface area contributed by atoms with Gasteiger partial charge in [0.05, 0.1) is 23.7 Å². The van der Waals surface area contributed by atoms with Gasteiger partial charge in [-0.15, -0.1) is 0 Å². The lowest BCUT2D eigenvalue weighted by Gasteiger charge is -2.25. The summed E-state index contributed by atoms with van der Waals surface area (Å²) in [4.78, 5) is 42.5. The molecule has 1 saturated heterocycles. The van der Waals surface area contributed by atoms with Crippen LogP contribution in [0.1, 0.15) is 13.3 Å². The van der Waals surface area contributed by atoms with Crippen molar-refractivity contribution in [2.75, 3.05) is 5.32 Å². The summed E-state index contributed by atoms with van der Waals surface area (Å²) in [5.41, 5.74) is 0.542. The first kappa shape index (κ1) is 14.9. The van der Waals surface area contributed by atoms with Crippen LogP contribution in [0.4, 0.5) is 10.5 Å². The number of rotatable bonds is 3. The Bertz CT molecular complexity index is 703. The zero-order chi connectivity index (χ0) is 16.8. The normalized spacial score (nSPS) is 31.3. The number of carbonyl (C=O) groups is 3. The molecule has 1 aliphatic heterocycles. The smallest absolute Gasteiger partial charge is 0.317 e. The Morgan fingerprint density at radius 3 is 2.50 bits per heavy atom. The van der Waals surface area contributed by atoms with E-state index in [9.17, 15) is 14.4 Å². The summed E-state index contributed by atoms with van der Waals surface area (Å²) in [6, 6.07) is 2.93. The highest BCUT2D eigenvalue weighted by Gasteiger charge is 2.60. The van der Waals surface area contributed by atoms with Crippen molar-refractivity contribution in [2.45, 2.75) is 19.5 Å². The van der Waals surface area contributed by atoms with E-state index >= 15 is 0 Å². The van der Waals surface area contributed by atoms with Gasteiger partial charge in [-0.3, -0.25) is 19.5 Å². The Hall–Kier alpha value is -2.70. The fourth-order valence-corrected chi connectivity index (χ4v) is 4.17. The first-order valence-electron chi connectivity index (χ1n) is 8.09. The third-order valence-electron chi connectivity index (χ3n) is 5.15. The Kier molecular flexibility index (Phi) is 3.37. The van der Waals surface area contributed by atoms with Crippen molar-refractivity contribution < 1.29 is 14.4 Å². The molecule has 1 aromatic rings. The zero-order valence-corrected chi connectivity index (χ0v) is 13.2. The predicted octanol–water partition coefficient (Wildman–Crippen LogP) is 1.36. The first-order valence-corrected chi connectivity index (χ1v) is 8.09. The van der Waals surface area contributed by atoms with Crippen molar-refractivity contribution in [2.24, 2.45) is 23.7 Å². The summed E-state index contributed by atoms with van der Waals surface area (Å²) in [5.74, 6) is -0.515. The lowest BCUT2D eigenvalue weighted by Crippen LogP contribution is -2.51. The minimum Gasteiger partial charge on any atom is -0.317 e. The summed E-state index contributed by atoms with van der Waals surface area (Å²) < 4.78 is 0. The maximum atomic E-state index is 12.7. The van der Waals surface area contributed by atoms with Crippen LogP contribution >= 0.6 is 0 Å².